The van der Waals surface area contributed by atoms with Gasteiger partial charge in [-0.3, -0.25) is 0 Å². The summed E-state index contributed by atoms with van der Waals surface area (Å²) in [5, 5.41) is 14.5. The van der Waals surface area contributed by atoms with Gasteiger partial charge in [0.15, 0.2) is 0 Å². The number of nitrogens with one attached hydrogen (secondary N) is 2. The van der Waals surface area contributed by atoms with Crippen LogP contribution in [0.1, 0.15) is 12.8 Å². The third-order valence-corrected chi connectivity index (χ3v) is 3.03. The van der Waals surface area contributed by atoms with Crippen LogP contribution >= 0.6 is 0 Å². The fourth-order valence-corrected chi connectivity index (χ4v) is 2.46. The number of rotatable bonds is 1. The second-order valence-electron chi connectivity index (χ2n) is 3.73. The standard InChI is InChI=1S/C8H14N2O2/c11-8(12)10-7-5-1-2-6(7)4-9-3-5/h5-7,9-10H,1-4H2,(H,11,12)/t5-,6?,7+/m0/s1. The number of amides is 1. The van der Waals surface area contributed by atoms with Crippen LogP contribution < -0.4 is 10.6 Å². The predicted molar refractivity (Wildman–Crippen MR) is 44.0 cm³/mol. The van der Waals surface area contributed by atoms with Crippen LogP contribution in [0.5, 0.6) is 0 Å². The summed E-state index contributed by atoms with van der Waals surface area (Å²) in [6, 6.07) is 0.212. The Morgan fingerprint density at radius 2 is 1.92 bits per heavy atom. The molecule has 12 heavy (non-hydrogen) atoms. The highest BCUT2D eigenvalue weighted by Crippen LogP contribution is 2.33. The van der Waals surface area contributed by atoms with Crippen molar-refractivity contribution in [2.45, 2.75) is 18.9 Å². The summed E-state index contributed by atoms with van der Waals surface area (Å²) in [5.41, 5.74) is 0. The highest BCUT2D eigenvalue weighted by Gasteiger charge is 2.39. The lowest BCUT2D eigenvalue weighted by molar-refractivity contribution is 0.176. The van der Waals surface area contributed by atoms with Gasteiger partial charge in [0.05, 0.1) is 0 Å². The molecule has 1 aliphatic carbocycles. The number of fused-ring (bicyclic) bond motifs is 2. The molecule has 0 spiro atoms. The first-order chi connectivity index (χ1) is 5.77. The normalized spacial score (nSPS) is 39.5. The number of hydrogen-bond acceptors (Lipinski definition) is 2. The van der Waals surface area contributed by atoms with E-state index in [1.807, 2.05) is 0 Å². The topological polar surface area (TPSA) is 61.4 Å². The van der Waals surface area contributed by atoms with Gasteiger partial charge >= 0.3 is 6.09 Å². The summed E-state index contributed by atoms with van der Waals surface area (Å²) in [6.07, 6.45) is 1.46. The van der Waals surface area contributed by atoms with Crippen molar-refractivity contribution in [3.05, 3.63) is 0 Å². The maximum Gasteiger partial charge on any atom is 0.404 e. The van der Waals surface area contributed by atoms with Gasteiger partial charge in [-0.2, -0.15) is 0 Å². The van der Waals surface area contributed by atoms with Gasteiger partial charge in [0, 0.05) is 6.04 Å². The minimum absolute atomic E-state index is 0.212. The van der Waals surface area contributed by atoms with E-state index in [1.54, 1.807) is 0 Å². The zero-order valence-corrected chi connectivity index (χ0v) is 6.92. The Balaban J connectivity index is 2.00. The SMILES string of the molecule is O=C(O)N[C@H]1C2CC[C@H]1CNC2. The zero-order chi connectivity index (χ0) is 8.55. The zero-order valence-electron chi connectivity index (χ0n) is 6.92. The monoisotopic (exact) mass is 170 g/mol. The molecule has 0 aromatic heterocycles. The van der Waals surface area contributed by atoms with Crippen molar-refractivity contribution in [2.75, 3.05) is 13.1 Å². The third kappa shape index (κ3) is 1.27. The molecule has 0 aromatic rings. The minimum atomic E-state index is -0.876. The van der Waals surface area contributed by atoms with E-state index in [-0.39, 0.29) is 6.04 Å². The predicted octanol–water partition coefficient (Wildman–Crippen LogP) is 0.252. The molecular weight excluding hydrogens is 156 g/mol. The molecule has 1 amide bonds. The molecule has 1 unspecified atom stereocenters. The summed E-state index contributed by atoms with van der Waals surface area (Å²) in [7, 11) is 0. The number of hydrogen-bond donors (Lipinski definition) is 3. The summed E-state index contributed by atoms with van der Waals surface area (Å²) in [4.78, 5) is 10.5. The van der Waals surface area contributed by atoms with E-state index in [4.69, 9.17) is 5.11 Å². The summed E-state index contributed by atoms with van der Waals surface area (Å²) < 4.78 is 0. The lowest BCUT2D eigenvalue weighted by Crippen LogP contribution is -2.50. The smallest absolute Gasteiger partial charge is 0.404 e. The second-order valence-corrected chi connectivity index (χ2v) is 3.73. The molecule has 0 radical (unpaired) electrons. The molecule has 4 heteroatoms. The molecule has 3 N–H and O–H groups in total. The number of carboxylic acid groups (broad SMARTS) is 1. The molecule has 3 atom stereocenters. The van der Waals surface area contributed by atoms with Crippen LogP contribution in [0, 0.1) is 11.8 Å². The lowest BCUT2D eigenvalue weighted by Gasteiger charge is -2.30. The highest BCUT2D eigenvalue weighted by molar-refractivity contribution is 5.65. The van der Waals surface area contributed by atoms with Crippen molar-refractivity contribution in [1.82, 2.24) is 10.6 Å². The Hall–Kier alpha value is -0.770. The van der Waals surface area contributed by atoms with E-state index in [0.717, 1.165) is 13.1 Å². The van der Waals surface area contributed by atoms with Gasteiger partial charge in [0.1, 0.15) is 0 Å². The molecule has 2 aliphatic rings. The average molecular weight is 170 g/mol. The molecule has 2 bridgehead atoms. The molecular formula is C8H14N2O2. The summed E-state index contributed by atoms with van der Waals surface area (Å²) in [6.45, 7) is 1.95. The van der Waals surface area contributed by atoms with Gasteiger partial charge in [-0.05, 0) is 37.8 Å². The van der Waals surface area contributed by atoms with Crippen molar-refractivity contribution in [3.8, 4) is 0 Å². The van der Waals surface area contributed by atoms with E-state index < -0.39 is 6.09 Å². The van der Waals surface area contributed by atoms with Crippen molar-refractivity contribution in [1.29, 1.82) is 0 Å². The van der Waals surface area contributed by atoms with E-state index in [9.17, 15) is 4.79 Å². The van der Waals surface area contributed by atoms with Gasteiger partial charge in [-0.1, -0.05) is 0 Å². The Bertz CT molecular complexity index is 179. The van der Waals surface area contributed by atoms with Crippen LogP contribution in [0.2, 0.25) is 0 Å². The molecule has 1 heterocycles. The van der Waals surface area contributed by atoms with Crippen LogP contribution in [0.15, 0.2) is 0 Å². The lowest BCUT2D eigenvalue weighted by atomic mass is 9.94. The molecule has 1 aliphatic heterocycles. The maximum atomic E-state index is 10.5. The fraction of sp³-hybridized carbons (Fsp3) is 0.875. The average Bonchev–Trinajstić information content (AvgIpc) is 2.30. The molecule has 1 saturated carbocycles. The first-order valence-electron chi connectivity index (χ1n) is 4.47. The quantitative estimate of drug-likeness (QED) is 0.528. The Morgan fingerprint density at radius 3 is 2.42 bits per heavy atom. The summed E-state index contributed by atoms with van der Waals surface area (Å²) >= 11 is 0. The molecule has 2 rings (SSSR count). The highest BCUT2D eigenvalue weighted by atomic mass is 16.4. The molecule has 68 valence electrons. The van der Waals surface area contributed by atoms with E-state index >= 15 is 0 Å². The number of piperidine rings is 1. The summed E-state index contributed by atoms with van der Waals surface area (Å²) in [5.74, 6) is 1.06. The van der Waals surface area contributed by atoms with Gasteiger partial charge in [-0.25, -0.2) is 4.79 Å². The van der Waals surface area contributed by atoms with Gasteiger partial charge in [0.2, 0.25) is 0 Å². The molecule has 2 fully saturated rings. The molecule has 4 nitrogen and oxygen atoms in total. The van der Waals surface area contributed by atoms with Crippen LogP contribution in [0.25, 0.3) is 0 Å². The Labute approximate surface area is 71.3 Å². The first kappa shape index (κ1) is 7.86. The number of carbonyl (C=O) groups is 1. The van der Waals surface area contributed by atoms with Gasteiger partial charge < -0.3 is 15.7 Å². The van der Waals surface area contributed by atoms with E-state index in [0.29, 0.717) is 11.8 Å². The van der Waals surface area contributed by atoms with Crippen molar-refractivity contribution in [3.63, 3.8) is 0 Å². The van der Waals surface area contributed by atoms with Crippen LogP contribution in [-0.4, -0.2) is 30.3 Å². The van der Waals surface area contributed by atoms with Crippen LogP contribution in [0.4, 0.5) is 4.79 Å². The Kier molecular flexibility index (Phi) is 1.92. The molecule has 1 saturated heterocycles. The third-order valence-electron chi connectivity index (χ3n) is 3.03. The van der Waals surface area contributed by atoms with E-state index in [1.165, 1.54) is 12.8 Å². The molecule has 0 aromatic carbocycles. The Morgan fingerprint density at radius 1 is 1.33 bits per heavy atom. The van der Waals surface area contributed by atoms with Crippen molar-refractivity contribution < 1.29 is 9.90 Å². The maximum absolute atomic E-state index is 10.5. The fourth-order valence-electron chi connectivity index (χ4n) is 2.46. The minimum Gasteiger partial charge on any atom is -0.465 e. The van der Waals surface area contributed by atoms with E-state index in [2.05, 4.69) is 10.6 Å². The first-order valence-corrected chi connectivity index (χ1v) is 4.47. The second kappa shape index (κ2) is 2.94. The van der Waals surface area contributed by atoms with Crippen LogP contribution in [0.3, 0.4) is 0 Å². The van der Waals surface area contributed by atoms with Gasteiger partial charge in [-0.15, -0.1) is 0 Å². The van der Waals surface area contributed by atoms with Gasteiger partial charge in [0.25, 0.3) is 0 Å². The largest absolute Gasteiger partial charge is 0.465 e. The van der Waals surface area contributed by atoms with Crippen LogP contribution in [-0.2, 0) is 0 Å². The van der Waals surface area contributed by atoms with Crippen molar-refractivity contribution >= 4 is 6.09 Å². The van der Waals surface area contributed by atoms with Crippen molar-refractivity contribution in [2.24, 2.45) is 11.8 Å².